The van der Waals surface area contributed by atoms with Crippen LogP contribution in [0.25, 0.3) is 11.0 Å². The zero-order valence-corrected chi connectivity index (χ0v) is 9.47. The molecule has 0 unspecified atom stereocenters. The van der Waals surface area contributed by atoms with E-state index in [0.29, 0.717) is 11.0 Å². The van der Waals surface area contributed by atoms with Crippen molar-refractivity contribution in [3.05, 3.63) is 22.9 Å². The number of rotatable bonds is 1. The van der Waals surface area contributed by atoms with E-state index in [1.165, 1.54) is 17.2 Å². The number of nitrogens with one attached hydrogen (secondary N) is 1. The van der Waals surface area contributed by atoms with Gasteiger partial charge in [-0.3, -0.25) is 4.79 Å². The summed E-state index contributed by atoms with van der Waals surface area (Å²) in [7, 11) is 0. The van der Waals surface area contributed by atoms with E-state index >= 15 is 0 Å². The molecule has 0 aliphatic heterocycles. The van der Waals surface area contributed by atoms with E-state index in [-0.39, 0.29) is 52.4 Å². The Kier molecular flexibility index (Phi) is 5.11. The first-order valence-corrected chi connectivity index (χ1v) is 3.33. The van der Waals surface area contributed by atoms with E-state index in [9.17, 15) is 4.79 Å². The van der Waals surface area contributed by atoms with Gasteiger partial charge in [0.05, 0.1) is 12.5 Å². The van der Waals surface area contributed by atoms with Crippen molar-refractivity contribution < 1.29 is 37.8 Å². The van der Waals surface area contributed by atoms with Gasteiger partial charge >= 0.3 is 0 Å². The van der Waals surface area contributed by atoms with E-state index in [0.717, 1.165) is 0 Å². The molecule has 73 valence electrons. The number of hydrogen-bond donors (Lipinski definition) is 2. The van der Waals surface area contributed by atoms with Gasteiger partial charge in [0.1, 0.15) is 12.1 Å². The Balaban J connectivity index is 0.000000845. The van der Waals surface area contributed by atoms with Crippen LogP contribution in [-0.4, -0.2) is 24.9 Å². The first kappa shape index (κ1) is 13.4. The number of aliphatic hydroxyl groups excluding tert-OH is 1. The molecular weight excluding hydrogens is 261 g/mol. The third kappa shape index (κ3) is 2.08. The molecule has 2 N–H and O–H groups in total. The van der Waals surface area contributed by atoms with Gasteiger partial charge in [-0.1, -0.05) is 7.43 Å². The van der Waals surface area contributed by atoms with E-state index < -0.39 is 0 Å². The number of fused-ring (bicyclic) bond motifs is 1. The topological polar surface area (TPSA) is 83.8 Å². The van der Waals surface area contributed by atoms with Gasteiger partial charge < -0.3 is 10.1 Å². The van der Waals surface area contributed by atoms with Gasteiger partial charge in [0.15, 0.2) is 5.65 Å². The Morgan fingerprint density at radius 2 is 2.29 bits per heavy atom. The van der Waals surface area contributed by atoms with E-state index in [1.54, 1.807) is 0 Å². The minimum absolute atomic E-state index is 0. The van der Waals surface area contributed by atoms with Gasteiger partial charge in [-0.25, -0.2) is 9.67 Å². The Morgan fingerprint density at radius 1 is 1.57 bits per heavy atom. The van der Waals surface area contributed by atoms with Crippen molar-refractivity contribution in [2.24, 2.45) is 0 Å². The first-order valence-electron chi connectivity index (χ1n) is 3.33. The number of aromatic nitrogens is 4. The Labute approximate surface area is 105 Å². The Morgan fingerprint density at radius 3 is 2.93 bits per heavy atom. The second-order valence-electron chi connectivity index (χ2n) is 2.25. The minimum Gasteiger partial charge on any atom is -0.374 e. The zero-order valence-electron chi connectivity index (χ0n) is 6.64. The Hall–Kier alpha value is -0.586. The van der Waals surface area contributed by atoms with Crippen LogP contribution in [0.1, 0.15) is 7.43 Å². The smallest absolute Gasteiger partial charge is 0.261 e. The van der Waals surface area contributed by atoms with Crippen LogP contribution in [-0.2, 0) is 39.4 Å². The van der Waals surface area contributed by atoms with Crippen LogP contribution in [0.15, 0.2) is 17.3 Å². The van der Waals surface area contributed by atoms with Crippen molar-refractivity contribution in [3.63, 3.8) is 0 Å². The summed E-state index contributed by atoms with van der Waals surface area (Å²) in [5, 5.41) is 12.9. The minimum atomic E-state index is -0.278. The molecule has 0 saturated heterocycles. The third-order valence-corrected chi connectivity index (χ3v) is 1.57. The van der Waals surface area contributed by atoms with Crippen molar-refractivity contribution in [3.8, 4) is 0 Å². The van der Waals surface area contributed by atoms with Gasteiger partial charge in [-0.2, -0.15) is 5.10 Å². The van der Waals surface area contributed by atoms with Crippen LogP contribution < -0.4 is 5.56 Å². The maximum atomic E-state index is 11.1. The molecule has 0 fully saturated rings. The van der Waals surface area contributed by atoms with Crippen molar-refractivity contribution in [2.45, 2.75) is 14.2 Å². The van der Waals surface area contributed by atoms with Gasteiger partial charge in [0.2, 0.25) is 0 Å². The molecule has 0 aliphatic carbocycles. The standard InChI is InChI=1S/C6H6N4O2.CH4.Y/c11-3-10-5-4(1-9-10)6(12)8-2-7-5;;/h1-2,11H,3H2,(H,7,8,12);1H4;. The van der Waals surface area contributed by atoms with Crippen LogP contribution in [0.4, 0.5) is 0 Å². The van der Waals surface area contributed by atoms with Crippen LogP contribution in [0.5, 0.6) is 0 Å². The quantitative estimate of drug-likeness (QED) is 0.746. The maximum absolute atomic E-state index is 11.1. The van der Waals surface area contributed by atoms with Gasteiger partial charge in [-0.15, -0.1) is 0 Å². The molecular formula is C7H10N4O2Y. The predicted molar refractivity (Wildman–Crippen MR) is 47.1 cm³/mol. The summed E-state index contributed by atoms with van der Waals surface area (Å²) in [6.07, 6.45) is 2.65. The fourth-order valence-corrected chi connectivity index (χ4v) is 1.01. The van der Waals surface area contributed by atoms with Gasteiger partial charge in [-0.05, 0) is 0 Å². The number of aromatic amines is 1. The average Bonchev–Trinajstić information content (AvgIpc) is 2.49. The monoisotopic (exact) mass is 271 g/mol. The van der Waals surface area contributed by atoms with E-state index in [1.807, 2.05) is 0 Å². The molecule has 0 aromatic carbocycles. The van der Waals surface area contributed by atoms with Crippen molar-refractivity contribution in [1.82, 2.24) is 19.7 Å². The molecule has 2 aromatic rings. The second kappa shape index (κ2) is 5.33. The first-order chi connectivity index (χ1) is 5.83. The molecule has 0 aliphatic rings. The summed E-state index contributed by atoms with van der Waals surface area (Å²) >= 11 is 0. The molecule has 0 spiro atoms. The molecule has 2 aromatic heterocycles. The number of nitrogens with zero attached hydrogens (tertiary/aromatic N) is 3. The predicted octanol–water partition coefficient (Wildman–Crippen LogP) is -0.297. The molecule has 2 heterocycles. The molecule has 0 bridgehead atoms. The number of H-pyrrole nitrogens is 1. The SMILES string of the molecule is C.O=c1[nH]cnc2c1cnn2CO.[Y]. The maximum Gasteiger partial charge on any atom is 0.261 e. The molecule has 1 radical (unpaired) electrons. The van der Waals surface area contributed by atoms with E-state index in [4.69, 9.17) is 5.11 Å². The summed E-state index contributed by atoms with van der Waals surface area (Å²) in [5.74, 6) is 0. The Bertz CT molecular complexity index is 464. The van der Waals surface area contributed by atoms with Crippen LogP contribution in [0.3, 0.4) is 0 Å². The summed E-state index contributed by atoms with van der Waals surface area (Å²) < 4.78 is 1.24. The van der Waals surface area contributed by atoms with Gasteiger partial charge in [0, 0.05) is 32.7 Å². The van der Waals surface area contributed by atoms with Crippen LogP contribution in [0.2, 0.25) is 0 Å². The van der Waals surface area contributed by atoms with Crippen LogP contribution in [0, 0.1) is 0 Å². The summed E-state index contributed by atoms with van der Waals surface area (Å²) in [4.78, 5) is 17.3. The molecule has 7 heteroatoms. The van der Waals surface area contributed by atoms with Crippen molar-refractivity contribution in [1.29, 1.82) is 0 Å². The van der Waals surface area contributed by atoms with E-state index in [2.05, 4.69) is 15.1 Å². The van der Waals surface area contributed by atoms with Crippen LogP contribution >= 0.6 is 0 Å². The summed E-state index contributed by atoms with van der Waals surface area (Å²) in [5.41, 5.74) is 0.140. The van der Waals surface area contributed by atoms with Crippen molar-refractivity contribution in [2.75, 3.05) is 0 Å². The summed E-state index contributed by atoms with van der Waals surface area (Å²) in [6.45, 7) is -0.278. The third-order valence-electron chi connectivity index (χ3n) is 1.57. The fourth-order valence-electron chi connectivity index (χ4n) is 1.01. The molecule has 2 rings (SSSR count). The average molecular weight is 271 g/mol. The largest absolute Gasteiger partial charge is 0.374 e. The summed E-state index contributed by atoms with van der Waals surface area (Å²) in [6, 6.07) is 0. The molecule has 0 saturated carbocycles. The second-order valence-corrected chi connectivity index (χ2v) is 2.25. The molecule has 0 amide bonds. The number of hydrogen-bond acceptors (Lipinski definition) is 4. The molecule has 0 atom stereocenters. The molecule has 14 heavy (non-hydrogen) atoms. The number of aliphatic hydroxyl groups is 1. The molecule has 6 nitrogen and oxygen atoms in total. The zero-order chi connectivity index (χ0) is 8.55. The fraction of sp³-hybridized carbons (Fsp3) is 0.286. The van der Waals surface area contributed by atoms with Crippen molar-refractivity contribution >= 4 is 11.0 Å². The normalized spacial score (nSPS) is 9.21. The van der Waals surface area contributed by atoms with Gasteiger partial charge in [0.25, 0.3) is 5.56 Å².